The van der Waals surface area contributed by atoms with Gasteiger partial charge >= 0.3 is 6.03 Å². The van der Waals surface area contributed by atoms with Gasteiger partial charge in [0.1, 0.15) is 5.82 Å². The van der Waals surface area contributed by atoms with Crippen molar-refractivity contribution in [2.45, 2.75) is 12.8 Å². The van der Waals surface area contributed by atoms with Crippen molar-refractivity contribution in [1.29, 1.82) is 0 Å². The zero-order valence-electron chi connectivity index (χ0n) is 13.5. The van der Waals surface area contributed by atoms with Crippen LogP contribution in [0.3, 0.4) is 0 Å². The number of aromatic nitrogens is 2. The van der Waals surface area contributed by atoms with Crippen molar-refractivity contribution < 1.29 is 9.53 Å². The second kappa shape index (κ2) is 7.79. The van der Waals surface area contributed by atoms with E-state index in [0.717, 1.165) is 29.7 Å². The normalized spacial score (nSPS) is 10.9. The highest BCUT2D eigenvalue weighted by molar-refractivity contribution is 5.75. The first-order valence-electron chi connectivity index (χ1n) is 7.51. The van der Waals surface area contributed by atoms with Crippen LogP contribution in [-0.4, -0.2) is 54.3 Å². The zero-order valence-corrected chi connectivity index (χ0v) is 13.5. The first kappa shape index (κ1) is 16.3. The number of carbonyl (C=O) groups excluding carboxylic acids is 1. The number of urea groups is 1. The van der Waals surface area contributed by atoms with E-state index in [1.54, 1.807) is 19.1 Å². The average molecular weight is 304 g/mol. The molecule has 1 heterocycles. The van der Waals surface area contributed by atoms with Gasteiger partial charge < -0.3 is 19.5 Å². The van der Waals surface area contributed by atoms with Crippen LogP contribution in [-0.2, 0) is 18.2 Å². The molecule has 0 aliphatic rings. The van der Waals surface area contributed by atoms with Gasteiger partial charge in [-0.25, -0.2) is 9.78 Å². The summed E-state index contributed by atoms with van der Waals surface area (Å²) in [5.41, 5.74) is 2.16. The topological polar surface area (TPSA) is 59.4 Å². The predicted octanol–water partition coefficient (Wildman–Crippen LogP) is 1.79. The lowest BCUT2D eigenvalue weighted by Gasteiger charge is -2.17. The molecule has 22 heavy (non-hydrogen) atoms. The third kappa shape index (κ3) is 3.98. The number of nitrogens with zero attached hydrogens (tertiary/aromatic N) is 3. The number of benzene rings is 1. The molecule has 1 aromatic carbocycles. The van der Waals surface area contributed by atoms with Crippen LogP contribution in [0.15, 0.2) is 24.3 Å². The van der Waals surface area contributed by atoms with E-state index in [2.05, 4.69) is 20.9 Å². The van der Waals surface area contributed by atoms with Crippen molar-refractivity contribution in [3.8, 4) is 0 Å². The van der Waals surface area contributed by atoms with Crippen molar-refractivity contribution in [2.24, 2.45) is 7.05 Å². The molecule has 2 amide bonds. The fourth-order valence-electron chi connectivity index (χ4n) is 2.33. The van der Waals surface area contributed by atoms with E-state index in [4.69, 9.17) is 4.74 Å². The number of nitrogens with one attached hydrogen (secondary N) is 1. The summed E-state index contributed by atoms with van der Waals surface area (Å²) >= 11 is 0. The quantitative estimate of drug-likeness (QED) is 0.793. The van der Waals surface area contributed by atoms with Crippen LogP contribution in [0.5, 0.6) is 0 Å². The number of para-hydroxylation sites is 2. The minimum absolute atomic E-state index is 0.0675. The Morgan fingerprint density at radius 1 is 1.41 bits per heavy atom. The number of aryl methyl sites for hydroxylation is 2. The lowest BCUT2D eigenvalue weighted by atomic mass is 10.3. The summed E-state index contributed by atoms with van der Waals surface area (Å²) in [4.78, 5) is 18.1. The SMILES string of the molecule is COCCN(C)C(=O)NCCCc1nc2ccccc2n1C. The number of hydrogen-bond donors (Lipinski definition) is 1. The molecule has 0 fully saturated rings. The van der Waals surface area contributed by atoms with Crippen LogP contribution >= 0.6 is 0 Å². The largest absolute Gasteiger partial charge is 0.383 e. The van der Waals surface area contributed by atoms with Crippen LogP contribution in [0, 0.1) is 0 Å². The molecule has 0 aliphatic carbocycles. The van der Waals surface area contributed by atoms with Crippen molar-refractivity contribution in [2.75, 3.05) is 33.9 Å². The molecule has 0 aliphatic heterocycles. The Morgan fingerprint density at radius 2 is 2.18 bits per heavy atom. The molecule has 120 valence electrons. The van der Waals surface area contributed by atoms with Gasteiger partial charge in [-0.1, -0.05) is 12.1 Å². The van der Waals surface area contributed by atoms with Crippen molar-refractivity contribution in [3.63, 3.8) is 0 Å². The fourth-order valence-corrected chi connectivity index (χ4v) is 2.33. The molecule has 0 bridgehead atoms. The van der Waals surface area contributed by atoms with E-state index < -0.39 is 0 Å². The third-order valence-corrected chi connectivity index (χ3v) is 3.71. The average Bonchev–Trinajstić information content (AvgIpc) is 2.85. The maximum Gasteiger partial charge on any atom is 0.317 e. The maximum absolute atomic E-state index is 11.8. The van der Waals surface area contributed by atoms with E-state index in [1.165, 1.54) is 0 Å². The Morgan fingerprint density at radius 3 is 2.91 bits per heavy atom. The summed E-state index contributed by atoms with van der Waals surface area (Å²) in [6.07, 6.45) is 1.70. The van der Waals surface area contributed by atoms with Gasteiger partial charge in [0.2, 0.25) is 0 Å². The Balaban J connectivity index is 1.78. The summed E-state index contributed by atoms with van der Waals surface area (Å²) in [6, 6.07) is 8.03. The first-order valence-corrected chi connectivity index (χ1v) is 7.51. The van der Waals surface area contributed by atoms with Gasteiger partial charge in [0.05, 0.1) is 17.6 Å². The molecular weight excluding hydrogens is 280 g/mol. The van der Waals surface area contributed by atoms with Gasteiger partial charge in [0.15, 0.2) is 0 Å². The number of methoxy groups -OCH3 is 1. The van der Waals surface area contributed by atoms with Crippen molar-refractivity contribution >= 4 is 17.1 Å². The summed E-state index contributed by atoms with van der Waals surface area (Å²) < 4.78 is 7.07. The fraction of sp³-hybridized carbons (Fsp3) is 0.500. The standard InChI is InChI=1S/C16H24N4O2/c1-19(11-12-22-3)16(21)17-10-6-9-15-18-13-7-4-5-8-14(13)20(15)2/h4-5,7-8H,6,9-12H2,1-3H3,(H,17,21). The van der Waals surface area contributed by atoms with E-state index >= 15 is 0 Å². The van der Waals surface area contributed by atoms with E-state index in [-0.39, 0.29) is 6.03 Å². The van der Waals surface area contributed by atoms with Crippen LogP contribution in [0.4, 0.5) is 4.79 Å². The van der Waals surface area contributed by atoms with Gasteiger partial charge in [0.25, 0.3) is 0 Å². The van der Waals surface area contributed by atoms with Crippen molar-refractivity contribution in [3.05, 3.63) is 30.1 Å². The highest BCUT2D eigenvalue weighted by Crippen LogP contribution is 2.14. The second-order valence-corrected chi connectivity index (χ2v) is 5.33. The zero-order chi connectivity index (χ0) is 15.9. The molecule has 0 unspecified atom stereocenters. The molecular formula is C16H24N4O2. The van der Waals surface area contributed by atoms with Crippen LogP contribution in [0.25, 0.3) is 11.0 Å². The Labute approximate surface area is 131 Å². The van der Waals surface area contributed by atoms with Gasteiger partial charge in [-0.3, -0.25) is 0 Å². The van der Waals surface area contributed by atoms with Gasteiger partial charge in [0, 0.05) is 40.7 Å². The number of amides is 2. The molecule has 2 rings (SSSR count). The molecule has 1 aromatic heterocycles. The Bertz CT molecular complexity index is 624. The molecule has 6 nitrogen and oxygen atoms in total. The third-order valence-electron chi connectivity index (χ3n) is 3.71. The minimum Gasteiger partial charge on any atom is -0.383 e. The van der Waals surface area contributed by atoms with E-state index in [0.29, 0.717) is 19.7 Å². The molecule has 0 atom stereocenters. The molecule has 2 aromatic rings. The van der Waals surface area contributed by atoms with Gasteiger partial charge in [-0.15, -0.1) is 0 Å². The smallest absolute Gasteiger partial charge is 0.317 e. The van der Waals surface area contributed by atoms with E-state index in [1.807, 2.05) is 25.2 Å². The highest BCUT2D eigenvalue weighted by Gasteiger charge is 2.09. The molecule has 1 N–H and O–H groups in total. The summed E-state index contributed by atoms with van der Waals surface area (Å²) in [7, 11) is 5.42. The molecule has 0 saturated heterocycles. The highest BCUT2D eigenvalue weighted by atomic mass is 16.5. The molecule has 0 spiro atoms. The summed E-state index contributed by atoms with van der Waals surface area (Å²) in [5, 5.41) is 2.91. The van der Waals surface area contributed by atoms with Gasteiger partial charge in [-0.2, -0.15) is 0 Å². The summed E-state index contributed by atoms with van der Waals surface area (Å²) in [5.74, 6) is 1.04. The van der Waals surface area contributed by atoms with Crippen LogP contribution in [0.2, 0.25) is 0 Å². The number of imidazole rings is 1. The molecule has 6 heteroatoms. The lowest BCUT2D eigenvalue weighted by Crippen LogP contribution is -2.39. The number of ether oxygens (including phenoxy) is 1. The first-order chi connectivity index (χ1) is 10.6. The number of carbonyl (C=O) groups is 1. The van der Waals surface area contributed by atoms with Crippen LogP contribution < -0.4 is 5.32 Å². The van der Waals surface area contributed by atoms with Gasteiger partial charge in [-0.05, 0) is 18.6 Å². The number of hydrogen-bond acceptors (Lipinski definition) is 3. The predicted molar refractivity (Wildman–Crippen MR) is 86.9 cm³/mol. The lowest BCUT2D eigenvalue weighted by molar-refractivity contribution is 0.159. The number of rotatable bonds is 7. The minimum atomic E-state index is -0.0675. The van der Waals surface area contributed by atoms with Crippen LogP contribution in [0.1, 0.15) is 12.2 Å². The Kier molecular flexibility index (Phi) is 5.77. The Hall–Kier alpha value is -2.08. The maximum atomic E-state index is 11.8. The van der Waals surface area contributed by atoms with Crippen molar-refractivity contribution in [1.82, 2.24) is 19.8 Å². The van der Waals surface area contributed by atoms with E-state index in [9.17, 15) is 4.79 Å². The molecule has 0 saturated carbocycles. The number of likely N-dealkylation sites (N-methyl/N-ethyl adjacent to an activating group) is 1. The number of fused-ring (bicyclic) bond motifs is 1. The summed E-state index contributed by atoms with van der Waals surface area (Å²) in [6.45, 7) is 1.77. The monoisotopic (exact) mass is 304 g/mol. The molecule has 0 radical (unpaired) electrons. The second-order valence-electron chi connectivity index (χ2n) is 5.33.